The lowest BCUT2D eigenvalue weighted by molar-refractivity contribution is -0.137. The van der Waals surface area contributed by atoms with E-state index >= 15 is 0 Å². The van der Waals surface area contributed by atoms with Crippen molar-refractivity contribution in [1.29, 1.82) is 0 Å². The maximum atomic E-state index is 13.2. The molecule has 232 valence electrons. The molecule has 1 aliphatic carbocycles. The van der Waals surface area contributed by atoms with Crippen LogP contribution in [0.2, 0.25) is 0 Å². The molecule has 1 atom stereocenters. The molecule has 6 N–H and O–H groups in total. The number of piperidine rings is 1. The number of hydrogen-bond acceptors (Lipinski definition) is 9. The molecule has 1 aromatic heterocycles. The van der Waals surface area contributed by atoms with Gasteiger partial charge < -0.3 is 36.6 Å². The molecule has 3 aliphatic heterocycles. The van der Waals surface area contributed by atoms with Crippen molar-refractivity contribution in [1.82, 2.24) is 24.7 Å². The van der Waals surface area contributed by atoms with E-state index in [4.69, 9.17) is 16.2 Å². The topological polar surface area (TPSA) is 144 Å². The minimum absolute atomic E-state index is 0.0881. The molecule has 6 rings (SSSR count). The zero-order valence-electron chi connectivity index (χ0n) is 25.2. The first kappa shape index (κ1) is 29.5. The number of ether oxygens (including phenoxy) is 1. The predicted octanol–water partition coefficient (Wildman–Crippen LogP) is 3.51. The second kappa shape index (κ2) is 12.6. The first-order valence-corrected chi connectivity index (χ1v) is 16.0. The number of amides is 1. The minimum atomic E-state index is -0.658. The summed E-state index contributed by atoms with van der Waals surface area (Å²) in [5, 5.41) is 6.44. The number of carbonyl (C=O) groups excluding carboxylic acids is 1. The van der Waals surface area contributed by atoms with E-state index in [9.17, 15) is 9.59 Å². The molecule has 1 saturated carbocycles. The van der Waals surface area contributed by atoms with Gasteiger partial charge in [-0.2, -0.15) is 4.98 Å². The fourth-order valence-corrected chi connectivity index (χ4v) is 7.25. The van der Waals surface area contributed by atoms with Gasteiger partial charge in [-0.3, -0.25) is 9.36 Å². The van der Waals surface area contributed by atoms with E-state index in [0.29, 0.717) is 23.3 Å². The fourth-order valence-electron chi connectivity index (χ4n) is 7.25. The highest BCUT2D eigenvalue weighted by molar-refractivity contribution is 5.86. The van der Waals surface area contributed by atoms with Crippen LogP contribution in [-0.2, 0) is 4.79 Å². The van der Waals surface area contributed by atoms with Gasteiger partial charge >= 0.3 is 5.69 Å². The summed E-state index contributed by atoms with van der Waals surface area (Å²) in [5.41, 5.74) is 13.1. The second-order valence-electron chi connectivity index (χ2n) is 12.8. The van der Waals surface area contributed by atoms with Gasteiger partial charge in [-0.1, -0.05) is 25.5 Å². The summed E-state index contributed by atoms with van der Waals surface area (Å²) in [7, 11) is 0. The van der Waals surface area contributed by atoms with Crippen molar-refractivity contribution >= 4 is 17.4 Å². The lowest BCUT2D eigenvalue weighted by Crippen LogP contribution is -2.55. The molecule has 4 aliphatic rings. The molecule has 11 heteroatoms. The van der Waals surface area contributed by atoms with Crippen molar-refractivity contribution < 1.29 is 9.53 Å². The molecule has 43 heavy (non-hydrogen) atoms. The Hall–Kier alpha value is -3.57. The Morgan fingerprint density at radius 3 is 2.65 bits per heavy atom. The van der Waals surface area contributed by atoms with Gasteiger partial charge in [0.05, 0.1) is 23.2 Å². The van der Waals surface area contributed by atoms with Crippen molar-refractivity contribution in [2.24, 2.45) is 11.5 Å². The summed E-state index contributed by atoms with van der Waals surface area (Å²) in [4.78, 5) is 35.0. The zero-order valence-corrected chi connectivity index (χ0v) is 25.2. The Morgan fingerprint density at radius 2 is 1.88 bits per heavy atom. The van der Waals surface area contributed by atoms with Gasteiger partial charge in [0, 0.05) is 32.2 Å². The third-order valence-corrected chi connectivity index (χ3v) is 9.76. The molecule has 2 saturated heterocycles. The van der Waals surface area contributed by atoms with Crippen LogP contribution < -0.4 is 32.5 Å². The highest BCUT2D eigenvalue weighted by Gasteiger charge is 2.41. The molecule has 1 aromatic carbocycles. The number of nitrogens with two attached hydrogens (primary N) is 2. The van der Waals surface area contributed by atoms with E-state index in [0.717, 1.165) is 115 Å². The largest absolute Gasteiger partial charge is 0.450 e. The Balaban J connectivity index is 1.07. The molecular weight excluding hydrogens is 544 g/mol. The zero-order chi connectivity index (χ0) is 30.0. The maximum Gasteiger partial charge on any atom is 0.350 e. The van der Waals surface area contributed by atoms with Gasteiger partial charge in [-0.15, -0.1) is 0 Å². The number of carbonyl (C=O) groups is 1. The van der Waals surface area contributed by atoms with Crippen molar-refractivity contribution in [2.45, 2.75) is 81.7 Å². The smallest absolute Gasteiger partial charge is 0.350 e. The highest BCUT2D eigenvalue weighted by atomic mass is 16.5. The Labute approximate surface area is 253 Å². The number of anilines is 2. The number of aromatic nitrogens is 2. The predicted molar refractivity (Wildman–Crippen MR) is 168 cm³/mol. The van der Waals surface area contributed by atoms with Crippen LogP contribution in [0.5, 0.6) is 11.5 Å². The Bertz CT molecular complexity index is 1390. The van der Waals surface area contributed by atoms with Crippen LogP contribution >= 0.6 is 0 Å². The standard InChI is InChI=1S/C32H46N8O3/c1-22(33)35-14-5-16-38-15-4-6-25(11-17-38)40-21-28-29(37-31(40)42)36-26-20-24(7-8-27(26)43-28)23-9-18-39(19-10-23)30(41)32(34)12-2-3-13-32/h7-8,20-21,23,25,35H,1-6,9-19,33-34H2,(H,36,37,42). The summed E-state index contributed by atoms with van der Waals surface area (Å²) in [6, 6.07) is 6.31. The van der Waals surface area contributed by atoms with Crippen LogP contribution in [0.1, 0.15) is 81.7 Å². The third kappa shape index (κ3) is 6.52. The van der Waals surface area contributed by atoms with Gasteiger partial charge in [-0.25, -0.2) is 4.79 Å². The molecule has 0 spiro atoms. The summed E-state index contributed by atoms with van der Waals surface area (Å²) in [5.74, 6) is 2.74. The molecule has 1 amide bonds. The number of nitrogens with one attached hydrogen (secondary N) is 2. The van der Waals surface area contributed by atoms with E-state index in [-0.39, 0.29) is 17.6 Å². The molecule has 4 heterocycles. The highest BCUT2D eigenvalue weighted by Crippen LogP contribution is 2.43. The van der Waals surface area contributed by atoms with Gasteiger partial charge in [0.2, 0.25) is 5.91 Å². The van der Waals surface area contributed by atoms with Gasteiger partial charge in [-0.05, 0) is 88.1 Å². The quantitative estimate of drug-likeness (QED) is 0.290. The van der Waals surface area contributed by atoms with Crippen molar-refractivity contribution in [3.05, 3.63) is 52.8 Å². The first-order chi connectivity index (χ1) is 20.8. The second-order valence-corrected chi connectivity index (χ2v) is 12.8. The van der Waals surface area contributed by atoms with E-state index in [1.807, 2.05) is 17.2 Å². The van der Waals surface area contributed by atoms with Crippen molar-refractivity contribution in [2.75, 3.05) is 44.6 Å². The number of nitrogens with zero attached hydrogens (tertiary/aromatic N) is 4. The number of likely N-dealkylation sites (tertiary alicyclic amines) is 2. The average molecular weight is 591 g/mol. The maximum absolute atomic E-state index is 13.2. The summed E-state index contributed by atoms with van der Waals surface area (Å²) in [6.07, 6.45) is 11.2. The van der Waals surface area contributed by atoms with Gasteiger partial charge in [0.1, 0.15) is 0 Å². The first-order valence-electron chi connectivity index (χ1n) is 16.0. The van der Waals surface area contributed by atoms with Gasteiger partial charge in [0.25, 0.3) is 0 Å². The van der Waals surface area contributed by atoms with Crippen LogP contribution in [0.4, 0.5) is 11.5 Å². The van der Waals surface area contributed by atoms with E-state index in [2.05, 4.69) is 39.2 Å². The monoisotopic (exact) mass is 590 g/mol. The SMILES string of the molecule is C=C(N)NCCCN1CCCC(n2cc3c(nc2=O)Nc2cc(C4CCN(C(=O)C5(N)CCCC5)CC4)ccc2O3)CC1. The normalized spacial score (nSPS) is 22.1. The van der Waals surface area contributed by atoms with E-state index in [1.165, 1.54) is 5.56 Å². The number of rotatable bonds is 8. The molecular formula is C32H46N8O3. The van der Waals surface area contributed by atoms with Crippen LogP contribution in [-0.4, -0.2) is 70.1 Å². The summed E-state index contributed by atoms with van der Waals surface area (Å²) < 4.78 is 8.03. The number of fused-ring (bicyclic) bond motifs is 2. The fraction of sp³-hybridized carbons (Fsp3) is 0.594. The molecule has 3 fully saturated rings. The molecule has 1 unspecified atom stereocenters. The molecule has 0 radical (unpaired) electrons. The molecule has 11 nitrogen and oxygen atoms in total. The van der Waals surface area contributed by atoms with Gasteiger partial charge in [0.15, 0.2) is 17.3 Å². The lowest BCUT2D eigenvalue weighted by atomic mass is 9.87. The third-order valence-electron chi connectivity index (χ3n) is 9.76. The van der Waals surface area contributed by atoms with Crippen LogP contribution in [0.25, 0.3) is 0 Å². The molecule has 2 aromatic rings. The average Bonchev–Trinajstić information content (AvgIpc) is 3.32. The molecule has 0 bridgehead atoms. The number of hydrogen-bond donors (Lipinski definition) is 4. The van der Waals surface area contributed by atoms with E-state index < -0.39 is 5.54 Å². The number of benzene rings is 1. The van der Waals surface area contributed by atoms with Crippen LogP contribution in [0.15, 0.2) is 41.6 Å². The van der Waals surface area contributed by atoms with Crippen molar-refractivity contribution in [3.63, 3.8) is 0 Å². The summed E-state index contributed by atoms with van der Waals surface area (Å²) in [6.45, 7) is 8.89. The van der Waals surface area contributed by atoms with Crippen molar-refractivity contribution in [3.8, 4) is 11.5 Å². The minimum Gasteiger partial charge on any atom is -0.450 e. The Morgan fingerprint density at radius 1 is 1.09 bits per heavy atom. The Kier molecular flexibility index (Phi) is 8.63. The lowest BCUT2D eigenvalue weighted by Gasteiger charge is -2.37. The summed E-state index contributed by atoms with van der Waals surface area (Å²) >= 11 is 0. The van der Waals surface area contributed by atoms with E-state index in [1.54, 1.807) is 4.57 Å². The van der Waals surface area contributed by atoms with Crippen LogP contribution in [0, 0.1) is 0 Å². The van der Waals surface area contributed by atoms with Crippen LogP contribution in [0.3, 0.4) is 0 Å².